The topological polar surface area (TPSA) is 63.3 Å². The summed E-state index contributed by atoms with van der Waals surface area (Å²) in [5, 5.41) is 9.64. The Morgan fingerprint density at radius 2 is 2.36 bits per heavy atom. The molecule has 64 valence electrons. The van der Waals surface area contributed by atoms with Gasteiger partial charge in [-0.15, -0.1) is 0 Å². The number of hydrogen-bond acceptors (Lipinski definition) is 2. The van der Waals surface area contributed by atoms with Crippen LogP contribution in [0.25, 0.3) is 0 Å². The normalized spacial score (nSPS) is 38.5. The fraction of sp³-hybridized carbons (Fsp3) is 0.875. The van der Waals surface area contributed by atoms with Gasteiger partial charge in [0.25, 0.3) is 0 Å². The average Bonchev–Trinajstić information content (AvgIpc) is 1.86. The summed E-state index contributed by atoms with van der Waals surface area (Å²) in [5.74, 6) is -0.148. The number of primary amides is 1. The van der Waals surface area contributed by atoms with Crippen molar-refractivity contribution < 1.29 is 9.90 Å². The molecule has 3 heteroatoms. The Morgan fingerprint density at radius 1 is 1.73 bits per heavy atom. The third kappa shape index (κ3) is 1.71. The highest BCUT2D eigenvalue weighted by Gasteiger charge is 2.37. The quantitative estimate of drug-likeness (QED) is 0.579. The molecule has 1 saturated carbocycles. The molecule has 0 aromatic rings. The third-order valence-electron chi connectivity index (χ3n) is 2.43. The summed E-state index contributed by atoms with van der Waals surface area (Å²) in [6.07, 6.45) is 3.06. The van der Waals surface area contributed by atoms with E-state index < -0.39 is 11.5 Å². The summed E-state index contributed by atoms with van der Waals surface area (Å²) in [5.41, 5.74) is 3.86. The van der Waals surface area contributed by atoms with Crippen molar-refractivity contribution in [1.29, 1.82) is 0 Å². The second-order valence-electron chi connectivity index (χ2n) is 3.60. The van der Waals surface area contributed by atoms with Crippen molar-refractivity contribution >= 4 is 5.91 Å². The minimum absolute atomic E-state index is 0.418. The van der Waals surface area contributed by atoms with Gasteiger partial charge in [-0.3, -0.25) is 4.79 Å². The van der Waals surface area contributed by atoms with Crippen LogP contribution in [0.5, 0.6) is 0 Å². The van der Waals surface area contributed by atoms with Crippen LogP contribution in [0.1, 0.15) is 32.6 Å². The first-order chi connectivity index (χ1) is 5.04. The standard InChI is InChI=1S/C8H15NO2/c1-6-3-2-4-8(11,5-6)7(9)10/h6,11H,2-5H2,1H3,(H2,9,10)/t6-,8-/m0/s1. The first-order valence-corrected chi connectivity index (χ1v) is 4.07. The van der Waals surface area contributed by atoms with Crippen LogP contribution in [-0.2, 0) is 4.79 Å². The van der Waals surface area contributed by atoms with Crippen LogP contribution in [0.2, 0.25) is 0 Å². The van der Waals surface area contributed by atoms with Gasteiger partial charge in [-0.1, -0.05) is 13.3 Å². The van der Waals surface area contributed by atoms with E-state index in [-0.39, 0.29) is 0 Å². The maximum Gasteiger partial charge on any atom is 0.249 e. The van der Waals surface area contributed by atoms with E-state index in [0.29, 0.717) is 18.8 Å². The summed E-state index contributed by atoms with van der Waals surface area (Å²) >= 11 is 0. The van der Waals surface area contributed by atoms with E-state index in [0.717, 1.165) is 12.8 Å². The molecule has 1 rings (SSSR count). The molecule has 0 heterocycles. The SMILES string of the molecule is C[C@H]1CCC[C@@](O)(C(N)=O)C1. The number of aliphatic hydroxyl groups is 1. The van der Waals surface area contributed by atoms with Gasteiger partial charge in [0.05, 0.1) is 0 Å². The fourth-order valence-electron chi connectivity index (χ4n) is 1.75. The minimum Gasteiger partial charge on any atom is -0.380 e. The zero-order valence-electron chi connectivity index (χ0n) is 6.84. The summed E-state index contributed by atoms with van der Waals surface area (Å²) in [4.78, 5) is 10.8. The number of amides is 1. The van der Waals surface area contributed by atoms with Crippen LogP contribution >= 0.6 is 0 Å². The van der Waals surface area contributed by atoms with Crippen LogP contribution in [0.15, 0.2) is 0 Å². The van der Waals surface area contributed by atoms with Gasteiger partial charge in [-0.25, -0.2) is 0 Å². The second-order valence-corrected chi connectivity index (χ2v) is 3.60. The third-order valence-corrected chi connectivity index (χ3v) is 2.43. The van der Waals surface area contributed by atoms with Gasteiger partial charge in [0.1, 0.15) is 5.60 Å². The predicted octanol–water partition coefficient (Wildman–Crippen LogP) is 0.413. The molecule has 1 aliphatic carbocycles. The first-order valence-electron chi connectivity index (χ1n) is 4.07. The van der Waals surface area contributed by atoms with Crippen molar-refractivity contribution in [2.45, 2.75) is 38.2 Å². The molecule has 1 aliphatic rings. The molecular formula is C8H15NO2. The molecular weight excluding hydrogens is 142 g/mol. The molecule has 0 bridgehead atoms. The Morgan fingerprint density at radius 3 is 2.73 bits per heavy atom. The Labute approximate surface area is 66.6 Å². The van der Waals surface area contributed by atoms with Crippen molar-refractivity contribution in [2.24, 2.45) is 11.7 Å². The second kappa shape index (κ2) is 2.81. The van der Waals surface area contributed by atoms with Gasteiger partial charge in [0.15, 0.2) is 0 Å². The highest BCUT2D eigenvalue weighted by molar-refractivity contribution is 5.83. The summed E-state index contributed by atoms with van der Waals surface area (Å²) in [7, 11) is 0. The lowest BCUT2D eigenvalue weighted by Gasteiger charge is -2.32. The molecule has 0 unspecified atom stereocenters. The highest BCUT2D eigenvalue weighted by atomic mass is 16.3. The summed E-state index contributed by atoms with van der Waals surface area (Å²) in [6.45, 7) is 2.03. The summed E-state index contributed by atoms with van der Waals surface area (Å²) in [6, 6.07) is 0. The van der Waals surface area contributed by atoms with Crippen molar-refractivity contribution in [3.8, 4) is 0 Å². The number of rotatable bonds is 1. The number of carbonyl (C=O) groups excluding carboxylic acids is 1. The zero-order chi connectivity index (χ0) is 8.48. The average molecular weight is 157 g/mol. The van der Waals surface area contributed by atoms with Crippen LogP contribution < -0.4 is 5.73 Å². The molecule has 0 saturated heterocycles. The summed E-state index contributed by atoms with van der Waals surface area (Å²) < 4.78 is 0. The van der Waals surface area contributed by atoms with Crippen LogP contribution in [-0.4, -0.2) is 16.6 Å². The Kier molecular flexibility index (Phi) is 2.18. The lowest BCUT2D eigenvalue weighted by atomic mass is 9.78. The van der Waals surface area contributed by atoms with Gasteiger partial charge < -0.3 is 10.8 Å². The Bertz CT molecular complexity index is 169. The van der Waals surface area contributed by atoms with Gasteiger partial charge in [-0.05, 0) is 25.2 Å². The minimum atomic E-state index is -1.21. The highest BCUT2D eigenvalue weighted by Crippen LogP contribution is 2.31. The van der Waals surface area contributed by atoms with Gasteiger partial charge >= 0.3 is 0 Å². The fourth-order valence-corrected chi connectivity index (χ4v) is 1.75. The van der Waals surface area contributed by atoms with Crippen molar-refractivity contribution in [1.82, 2.24) is 0 Å². The van der Waals surface area contributed by atoms with Crippen LogP contribution in [0.3, 0.4) is 0 Å². The maximum absolute atomic E-state index is 10.8. The lowest BCUT2D eigenvalue weighted by molar-refractivity contribution is -0.141. The van der Waals surface area contributed by atoms with E-state index in [1.54, 1.807) is 0 Å². The monoisotopic (exact) mass is 157 g/mol. The Hall–Kier alpha value is -0.570. The van der Waals surface area contributed by atoms with E-state index in [4.69, 9.17) is 5.73 Å². The van der Waals surface area contributed by atoms with E-state index in [1.165, 1.54) is 0 Å². The van der Waals surface area contributed by atoms with Crippen molar-refractivity contribution in [2.75, 3.05) is 0 Å². The van der Waals surface area contributed by atoms with Crippen LogP contribution in [0, 0.1) is 5.92 Å². The molecule has 11 heavy (non-hydrogen) atoms. The largest absolute Gasteiger partial charge is 0.380 e. The molecule has 1 fully saturated rings. The predicted molar refractivity (Wildman–Crippen MR) is 41.8 cm³/mol. The molecule has 0 aromatic heterocycles. The van der Waals surface area contributed by atoms with Gasteiger partial charge in [-0.2, -0.15) is 0 Å². The zero-order valence-corrected chi connectivity index (χ0v) is 6.84. The molecule has 3 N–H and O–H groups in total. The number of hydrogen-bond donors (Lipinski definition) is 2. The first kappa shape index (κ1) is 8.53. The van der Waals surface area contributed by atoms with E-state index in [1.807, 2.05) is 6.92 Å². The number of nitrogens with two attached hydrogens (primary N) is 1. The molecule has 3 nitrogen and oxygen atoms in total. The Balaban J connectivity index is 2.63. The molecule has 2 atom stereocenters. The number of carbonyl (C=O) groups is 1. The van der Waals surface area contributed by atoms with E-state index >= 15 is 0 Å². The molecule has 0 spiro atoms. The molecule has 0 aliphatic heterocycles. The van der Waals surface area contributed by atoms with Crippen LogP contribution in [0.4, 0.5) is 0 Å². The van der Waals surface area contributed by atoms with Crippen molar-refractivity contribution in [3.63, 3.8) is 0 Å². The van der Waals surface area contributed by atoms with Gasteiger partial charge in [0.2, 0.25) is 5.91 Å². The molecule has 0 aromatic carbocycles. The maximum atomic E-state index is 10.8. The van der Waals surface area contributed by atoms with Gasteiger partial charge in [0, 0.05) is 0 Å². The molecule has 0 radical (unpaired) electrons. The smallest absolute Gasteiger partial charge is 0.249 e. The lowest BCUT2D eigenvalue weighted by Crippen LogP contribution is -2.46. The van der Waals surface area contributed by atoms with E-state index in [9.17, 15) is 9.90 Å². The van der Waals surface area contributed by atoms with E-state index in [2.05, 4.69) is 0 Å². The molecule has 1 amide bonds. The van der Waals surface area contributed by atoms with Crippen molar-refractivity contribution in [3.05, 3.63) is 0 Å².